The topological polar surface area (TPSA) is 12.0 Å². The van der Waals surface area contributed by atoms with Crippen LogP contribution in [0.4, 0.5) is 13.2 Å². The average molecular weight is 314 g/mol. The molecule has 2 rings (SSSR count). The molecule has 0 aromatic heterocycles. The van der Waals surface area contributed by atoms with Crippen molar-refractivity contribution in [3.05, 3.63) is 70.0 Å². The largest absolute Gasteiger partial charge is 0.316 e. The Morgan fingerprint density at radius 2 is 1.81 bits per heavy atom. The second-order valence-corrected chi connectivity index (χ2v) is 5.24. The summed E-state index contributed by atoms with van der Waals surface area (Å²) in [4.78, 5) is 0. The van der Waals surface area contributed by atoms with Gasteiger partial charge >= 0.3 is 0 Å². The Bertz CT molecular complexity index is 611. The highest BCUT2D eigenvalue weighted by Gasteiger charge is 2.16. The summed E-state index contributed by atoms with van der Waals surface area (Å²) in [6.45, 7) is 0. The van der Waals surface area contributed by atoms with Gasteiger partial charge in [0.05, 0.1) is 0 Å². The molecular weight excluding hydrogens is 299 g/mol. The van der Waals surface area contributed by atoms with Crippen molar-refractivity contribution in [3.63, 3.8) is 0 Å². The number of rotatable bonds is 5. The van der Waals surface area contributed by atoms with Crippen LogP contribution in [0.15, 0.2) is 36.4 Å². The smallest absolute Gasteiger partial charge is 0.127 e. The summed E-state index contributed by atoms with van der Waals surface area (Å²) in [7, 11) is 1.69. The van der Waals surface area contributed by atoms with E-state index in [1.165, 1.54) is 12.1 Å². The zero-order chi connectivity index (χ0) is 15.4. The second kappa shape index (κ2) is 6.96. The first-order chi connectivity index (χ1) is 10.0. The lowest BCUT2D eigenvalue weighted by atomic mass is 9.98. The van der Waals surface area contributed by atoms with Crippen LogP contribution in [0.2, 0.25) is 5.02 Å². The molecule has 112 valence electrons. The predicted octanol–water partition coefficient (Wildman–Crippen LogP) is 4.13. The Morgan fingerprint density at radius 3 is 2.48 bits per heavy atom. The fraction of sp³-hybridized carbons (Fsp3) is 0.250. The number of halogens is 4. The van der Waals surface area contributed by atoms with E-state index < -0.39 is 17.5 Å². The van der Waals surface area contributed by atoms with Gasteiger partial charge in [-0.2, -0.15) is 0 Å². The highest BCUT2D eigenvalue weighted by Crippen LogP contribution is 2.22. The second-order valence-electron chi connectivity index (χ2n) is 4.83. The van der Waals surface area contributed by atoms with Crippen molar-refractivity contribution in [3.8, 4) is 0 Å². The Balaban J connectivity index is 2.19. The third-order valence-electron chi connectivity index (χ3n) is 3.39. The van der Waals surface area contributed by atoms with Crippen molar-refractivity contribution < 1.29 is 13.2 Å². The summed E-state index contributed by atoms with van der Waals surface area (Å²) >= 11 is 5.99. The molecule has 0 aliphatic carbocycles. The van der Waals surface area contributed by atoms with Crippen LogP contribution in [0.5, 0.6) is 0 Å². The van der Waals surface area contributed by atoms with E-state index in [2.05, 4.69) is 5.32 Å². The highest BCUT2D eigenvalue weighted by atomic mass is 35.5. The van der Waals surface area contributed by atoms with Gasteiger partial charge in [-0.25, -0.2) is 13.2 Å². The van der Waals surface area contributed by atoms with E-state index in [4.69, 9.17) is 11.6 Å². The van der Waals surface area contributed by atoms with Crippen LogP contribution in [0, 0.1) is 17.5 Å². The molecule has 5 heteroatoms. The molecule has 21 heavy (non-hydrogen) atoms. The number of hydrogen-bond acceptors (Lipinski definition) is 1. The molecule has 0 radical (unpaired) electrons. The van der Waals surface area contributed by atoms with Gasteiger partial charge in [-0.3, -0.25) is 0 Å². The summed E-state index contributed by atoms with van der Waals surface area (Å²) < 4.78 is 40.6. The lowest BCUT2D eigenvalue weighted by Crippen LogP contribution is -2.30. The maximum atomic E-state index is 13.8. The van der Waals surface area contributed by atoms with Gasteiger partial charge in [-0.15, -0.1) is 0 Å². The van der Waals surface area contributed by atoms with Crippen LogP contribution in [0.25, 0.3) is 0 Å². The van der Waals surface area contributed by atoms with Crippen molar-refractivity contribution in [2.24, 2.45) is 0 Å². The maximum absolute atomic E-state index is 13.8. The Kier molecular flexibility index (Phi) is 5.26. The van der Waals surface area contributed by atoms with Crippen LogP contribution in [0.1, 0.15) is 11.1 Å². The summed E-state index contributed by atoms with van der Waals surface area (Å²) in [5.74, 6) is -1.37. The van der Waals surface area contributed by atoms with Gasteiger partial charge in [-0.05, 0) is 55.8 Å². The molecule has 0 saturated heterocycles. The minimum Gasteiger partial charge on any atom is -0.316 e. The first-order valence-electron chi connectivity index (χ1n) is 6.55. The number of likely N-dealkylation sites (N-methyl/N-ethyl adjacent to an activating group) is 1. The quantitative estimate of drug-likeness (QED) is 0.875. The van der Waals surface area contributed by atoms with Crippen molar-refractivity contribution in [2.45, 2.75) is 18.9 Å². The molecule has 0 spiro atoms. The van der Waals surface area contributed by atoms with Crippen LogP contribution in [-0.4, -0.2) is 13.1 Å². The SMILES string of the molecule is CNC(Cc1cc(F)ccc1F)Cc1c(F)cccc1Cl. The third-order valence-corrected chi connectivity index (χ3v) is 3.75. The van der Waals surface area contributed by atoms with Crippen LogP contribution in [-0.2, 0) is 12.8 Å². The minimum absolute atomic E-state index is 0.241. The van der Waals surface area contributed by atoms with Crippen LogP contribution < -0.4 is 5.32 Å². The first kappa shape index (κ1) is 15.9. The van der Waals surface area contributed by atoms with Gasteiger partial charge in [-0.1, -0.05) is 17.7 Å². The fourth-order valence-corrected chi connectivity index (χ4v) is 2.46. The maximum Gasteiger partial charge on any atom is 0.127 e. The van der Waals surface area contributed by atoms with E-state index in [0.29, 0.717) is 10.6 Å². The molecule has 0 saturated carbocycles. The van der Waals surface area contributed by atoms with Gasteiger partial charge in [0.1, 0.15) is 17.5 Å². The monoisotopic (exact) mass is 313 g/mol. The molecule has 0 bridgehead atoms. The zero-order valence-electron chi connectivity index (χ0n) is 11.5. The average Bonchev–Trinajstić information content (AvgIpc) is 2.45. The van der Waals surface area contributed by atoms with E-state index in [1.54, 1.807) is 13.1 Å². The molecule has 1 nitrogen and oxygen atoms in total. The van der Waals surface area contributed by atoms with Gasteiger partial charge in [0.25, 0.3) is 0 Å². The molecule has 0 aliphatic heterocycles. The number of hydrogen-bond donors (Lipinski definition) is 1. The summed E-state index contributed by atoms with van der Waals surface area (Å²) in [6, 6.07) is 7.53. The summed E-state index contributed by atoms with van der Waals surface area (Å²) in [5, 5.41) is 3.31. The van der Waals surface area contributed by atoms with E-state index >= 15 is 0 Å². The Labute approximate surface area is 126 Å². The van der Waals surface area contributed by atoms with E-state index in [1.807, 2.05) is 0 Å². The van der Waals surface area contributed by atoms with Gasteiger partial charge in [0.2, 0.25) is 0 Å². The predicted molar refractivity (Wildman–Crippen MR) is 78.0 cm³/mol. The molecule has 1 unspecified atom stereocenters. The lowest BCUT2D eigenvalue weighted by Gasteiger charge is -2.18. The molecule has 0 fully saturated rings. The van der Waals surface area contributed by atoms with Gasteiger partial charge in [0.15, 0.2) is 0 Å². The highest BCUT2D eigenvalue weighted by molar-refractivity contribution is 6.31. The number of nitrogens with one attached hydrogen (secondary N) is 1. The normalized spacial score (nSPS) is 12.4. The molecule has 2 aromatic rings. The summed E-state index contributed by atoms with van der Waals surface area (Å²) in [6.07, 6.45) is 0.530. The van der Waals surface area contributed by atoms with E-state index in [-0.39, 0.29) is 24.4 Å². The standard InChI is InChI=1S/C16H15ClF3N/c1-21-12(8-10-7-11(18)5-6-15(10)19)9-13-14(17)3-2-4-16(13)20/h2-7,12,21H,8-9H2,1H3. The fourth-order valence-electron chi connectivity index (χ4n) is 2.22. The van der Waals surface area contributed by atoms with Crippen LogP contribution >= 0.6 is 11.6 Å². The van der Waals surface area contributed by atoms with Crippen molar-refractivity contribution >= 4 is 11.6 Å². The van der Waals surface area contributed by atoms with Crippen molar-refractivity contribution in [1.29, 1.82) is 0 Å². The summed E-state index contributed by atoms with van der Waals surface area (Å²) in [5.41, 5.74) is 0.622. The van der Waals surface area contributed by atoms with Crippen molar-refractivity contribution in [2.75, 3.05) is 7.05 Å². The molecular formula is C16H15ClF3N. The molecule has 0 heterocycles. The molecule has 0 amide bonds. The van der Waals surface area contributed by atoms with Gasteiger partial charge < -0.3 is 5.32 Å². The minimum atomic E-state index is -0.495. The van der Waals surface area contributed by atoms with Crippen molar-refractivity contribution in [1.82, 2.24) is 5.32 Å². The Hall–Kier alpha value is -1.52. The molecule has 1 atom stereocenters. The molecule has 1 N–H and O–H groups in total. The third kappa shape index (κ3) is 3.99. The lowest BCUT2D eigenvalue weighted by molar-refractivity contribution is 0.512. The van der Waals surface area contributed by atoms with Crippen LogP contribution in [0.3, 0.4) is 0 Å². The Morgan fingerprint density at radius 1 is 1.05 bits per heavy atom. The van der Waals surface area contributed by atoms with Gasteiger partial charge in [0, 0.05) is 16.6 Å². The first-order valence-corrected chi connectivity index (χ1v) is 6.93. The van der Waals surface area contributed by atoms with E-state index in [0.717, 1.165) is 18.2 Å². The molecule has 0 aliphatic rings. The number of benzene rings is 2. The molecule has 2 aromatic carbocycles. The van der Waals surface area contributed by atoms with E-state index in [9.17, 15) is 13.2 Å². The zero-order valence-corrected chi connectivity index (χ0v) is 12.2.